The molecule has 376 valence electrons. The van der Waals surface area contributed by atoms with Gasteiger partial charge in [0.05, 0.1) is 39.5 Å². The van der Waals surface area contributed by atoms with Crippen molar-refractivity contribution in [3.63, 3.8) is 0 Å². The van der Waals surface area contributed by atoms with Crippen LogP contribution in [0.5, 0.6) is 0 Å². The van der Waals surface area contributed by atoms with Gasteiger partial charge in [-0.05, 0) is 155 Å². The number of carbonyl (C=O) groups is 4. The van der Waals surface area contributed by atoms with E-state index < -0.39 is 39.8 Å². The molecule has 2 N–H and O–H groups in total. The van der Waals surface area contributed by atoms with Gasteiger partial charge in [-0.1, -0.05) is 72.3 Å². The molecule has 11 rings (SSSR count). The molecule has 8 saturated carbocycles. The molecule has 10 bridgehead atoms. The molecule has 0 spiro atoms. The second-order valence-corrected chi connectivity index (χ2v) is 22.5. The maximum absolute atomic E-state index is 12.6. The number of ether oxygens (including phenoxy) is 5. The fourth-order valence-corrected chi connectivity index (χ4v) is 12.9. The summed E-state index contributed by atoms with van der Waals surface area (Å²) >= 11 is 0. The zero-order valence-corrected chi connectivity index (χ0v) is 37.2. The van der Waals surface area contributed by atoms with Gasteiger partial charge in [-0.15, -0.1) is 0 Å². The van der Waals surface area contributed by atoms with Crippen LogP contribution in [0.15, 0.2) is 0 Å². The van der Waals surface area contributed by atoms with Crippen LogP contribution in [-0.2, 0) is 42.9 Å². The van der Waals surface area contributed by atoms with Gasteiger partial charge < -0.3 is 33.9 Å². The average molecular weight is 911 g/mol. The van der Waals surface area contributed by atoms with Gasteiger partial charge in [-0.25, -0.2) is 0 Å². The van der Waals surface area contributed by atoms with Crippen LogP contribution in [0, 0.1) is 51.8 Å². The van der Waals surface area contributed by atoms with Crippen molar-refractivity contribution >= 4 is 23.9 Å². The Kier molecular flexibility index (Phi) is 19.2. The van der Waals surface area contributed by atoms with Gasteiger partial charge in [0.25, 0.3) is 0 Å². The molecule has 0 radical (unpaired) electrons. The number of esters is 4. The normalized spacial score (nSPS) is 39.5. The van der Waals surface area contributed by atoms with Crippen molar-refractivity contribution in [1.82, 2.24) is 0 Å². The Hall–Kier alpha value is -2.24. The molecule has 11 nitrogen and oxygen atoms in total. The Balaban J connectivity index is 0.000000459. The predicted molar refractivity (Wildman–Crippen MR) is 255 cm³/mol. The van der Waals surface area contributed by atoms with E-state index in [0.717, 1.165) is 50.4 Å². The topological polar surface area (TPSA) is 155 Å². The van der Waals surface area contributed by atoms with Gasteiger partial charge in [0.15, 0.2) is 12.2 Å². The minimum atomic E-state index is -0.842. The molecule has 0 aromatic rings. The molecule has 0 aromatic carbocycles. The van der Waals surface area contributed by atoms with Gasteiger partial charge in [0.2, 0.25) is 0 Å². The monoisotopic (exact) mass is 911 g/mol. The fraction of sp³-hybridized carbons (Fsp3) is 0.925. The third-order valence-corrected chi connectivity index (χ3v) is 17.0. The quantitative estimate of drug-likeness (QED) is 0.159. The van der Waals surface area contributed by atoms with Crippen molar-refractivity contribution in [3.8, 4) is 0 Å². The Morgan fingerprint density at radius 2 is 1.06 bits per heavy atom. The van der Waals surface area contributed by atoms with Crippen LogP contribution >= 0.6 is 0 Å². The minimum absolute atomic E-state index is 0. The van der Waals surface area contributed by atoms with Gasteiger partial charge >= 0.3 is 23.9 Å². The summed E-state index contributed by atoms with van der Waals surface area (Å²) in [6, 6.07) is 0. The molecule has 11 aliphatic rings. The van der Waals surface area contributed by atoms with Crippen LogP contribution in [0.4, 0.5) is 0 Å². The Morgan fingerprint density at radius 1 is 0.609 bits per heavy atom. The highest BCUT2D eigenvalue weighted by atomic mass is 16.7. The smallest absolute Gasteiger partial charge is 0.312 e. The van der Waals surface area contributed by atoms with E-state index in [1.165, 1.54) is 32.1 Å². The van der Waals surface area contributed by atoms with Crippen LogP contribution in [0.3, 0.4) is 0 Å². The number of hydrogen-bond donors (Lipinski definition) is 2. The number of aliphatic hydroxyl groups is 2. The molecule has 11 fully saturated rings. The summed E-state index contributed by atoms with van der Waals surface area (Å²) in [5, 5.41) is 21.3. The molecule has 0 amide bonds. The van der Waals surface area contributed by atoms with E-state index in [9.17, 15) is 29.4 Å². The highest BCUT2D eigenvalue weighted by molar-refractivity contribution is 5.79. The molecule has 8 aliphatic carbocycles. The van der Waals surface area contributed by atoms with Crippen molar-refractivity contribution < 1.29 is 53.1 Å². The number of rotatable bonds is 10. The maximum Gasteiger partial charge on any atom is 0.312 e. The first-order valence-electron chi connectivity index (χ1n) is 22.9. The fourth-order valence-electron chi connectivity index (χ4n) is 12.9. The van der Waals surface area contributed by atoms with Crippen LogP contribution in [0.2, 0.25) is 0 Å². The van der Waals surface area contributed by atoms with Gasteiger partial charge in [0.1, 0.15) is 17.3 Å². The second-order valence-electron chi connectivity index (χ2n) is 22.5. The largest absolute Gasteiger partial charge is 0.458 e. The lowest BCUT2D eigenvalue weighted by Crippen LogP contribution is -2.67. The summed E-state index contributed by atoms with van der Waals surface area (Å²) in [6.07, 6.45) is 13.1. The first-order chi connectivity index (χ1) is 26.9. The van der Waals surface area contributed by atoms with E-state index >= 15 is 0 Å². The minimum Gasteiger partial charge on any atom is -0.458 e. The van der Waals surface area contributed by atoms with Crippen molar-refractivity contribution in [1.29, 1.82) is 0 Å². The predicted octanol–water partition coefficient (Wildman–Crippen LogP) is 11.6. The highest BCUT2D eigenvalue weighted by Crippen LogP contribution is 2.62. The van der Waals surface area contributed by atoms with Crippen LogP contribution in [0.25, 0.3) is 0 Å². The lowest BCUT2D eigenvalue weighted by molar-refractivity contribution is -0.264. The summed E-state index contributed by atoms with van der Waals surface area (Å²) in [5.74, 6) is 2.65. The standard InChI is InChI=1S/C18H30O2.C16H26O4.C13H18O5.6CH4/c1-5-17(3,4)16(19)20-18(6-2)14-8-12-7-13(10-14)11-15(18)9-12;1-4-13(2,3)12(17)20-16-7-11-5-14(18,9-16)8-15(19,6-11)10-16;1-4-13(2,3)12(15)18-9-7-5-6-8(16-7)10(9)17-11(6)14;;;;;;/h12-15H,5-11H2,1-4H3;11,18-19H,4-10H2,1-3H3;6-10H,4-5H2,1-3H3;6*1H4. The summed E-state index contributed by atoms with van der Waals surface area (Å²) in [5.41, 5.74) is -3.81. The zero-order chi connectivity index (χ0) is 42.4. The maximum atomic E-state index is 12.6. The second kappa shape index (κ2) is 20.5. The van der Waals surface area contributed by atoms with Crippen molar-refractivity contribution in [2.75, 3.05) is 0 Å². The van der Waals surface area contributed by atoms with Crippen molar-refractivity contribution in [2.24, 2.45) is 51.8 Å². The molecular weight excluding hydrogens is 813 g/mol. The Labute approximate surface area is 391 Å². The molecule has 11 heteroatoms. The molecule has 3 aliphatic heterocycles. The summed E-state index contributed by atoms with van der Waals surface area (Å²) < 4.78 is 28.6. The molecule has 7 atom stereocenters. The van der Waals surface area contributed by atoms with E-state index in [-0.39, 0.29) is 103 Å². The van der Waals surface area contributed by atoms with Crippen LogP contribution in [0.1, 0.15) is 217 Å². The molecule has 64 heavy (non-hydrogen) atoms. The zero-order valence-electron chi connectivity index (χ0n) is 37.2. The van der Waals surface area contributed by atoms with Gasteiger partial charge in [-0.2, -0.15) is 0 Å². The van der Waals surface area contributed by atoms with E-state index in [4.69, 9.17) is 23.7 Å². The highest BCUT2D eigenvalue weighted by Gasteiger charge is 2.66. The summed E-state index contributed by atoms with van der Waals surface area (Å²) in [4.78, 5) is 48.6. The van der Waals surface area contributed by atoms with Gasteiger partial charge in [-0.3, -0.25) is 19.2 Å². The summed E-state index contributed by atoms with van der Waals surface area (Å²) in [6.45, 7) is 19.8. The number of fused-ring (bicyclic) bond motifs is 1. The van der Waals surface area contributed by atoms with Crippen LogP contribution < -0.4 is 0 Å². The third-order valence-electron chi connectivity index (χ3n) is 17.0. The van der Waals surface area contributed by atoms with E-state index in [0.29, 0.717) is 43.9 Å². The van der Waals surface area contributed by atoms with Crippen molar-refractivity contribution in [2.45, 2.75) is 263 Å². The number of hydrogen-bond acceptors (Lipinski definition) is 11. The molecule has 3 saturated heterocycles. The summed E-state index contributed by atoms with van der Waals surface area (Å²) in [7, 11) is 0. The first kappa shape index (κ1) is 59.8. The third kappa shape index (κ3) is 10.7. The lowest BCUT2D eigenvalue weighted by Gasteiger charge is -2.62. The Morgan fingerprint density at radius 3 is 1.50 bits per heavy atom. The van der Waals surface area contributed by atoms with Gasteiger partial charge in [0, 0.05) is 19.3 Å². The van der Waals surface area contributed by atoms with E-state index in [2.05, 4.69) is 13.8 Å². The Bertz CT molecular complexity index is 1570. The molecular formula is C53H98O11. The molecule has 3 heterocycles. The van der Waals surface area contributed by atoms with E-state index in [1.54, 1.807) is 0 Å². The average Bonchev–Trinajstić information content (AvgIpc) is 3.77. The lowest BCUT2D eigenvalue weighted by atomic mass is 9.49. The van der Waals surface area contributed by atoms with Crippen LogP contribution in [-0.4, -0.2) is 80.9 Å². The SMILES string of the molecule is C.C.C.C.C.C.CCC(C)(C)C(=O)OC1(CC)C2CC3CC(C2)CC1C3.CCC(C)(C)C(=O)OC12CC3CC(O)(CC(O)(C3)C1)C2.CCC(C)(C)C(=O)OC1C2CC3C(=O)OC1C3O2. The van der Waals surface area contributed by atoms with E-state index in [1.807, 2.05) is 55.4 Å². The number of carbonyl (C=O) groups excluding carboxylic acids is 4. The molecule has 0 aromatic heterocycles. The van der Waals surface area contributed by atoms with Crippen molar-refractivity contribution in [3.05, 3.63) is 0 Å². The molecule has 7 unspecified atom stereocenters. The first-order valence-corrected chi connectivity index (χ1v) is 22.9.